The van der Waals surface area contributed by atoms with E-state index in [9.17, 15) is 0 Å². The zero-order valence-corrected chi connectivity index (χ0v) is 31.2. The van der Waals surface area contributed by atoms with Gasteiger partial charge in [0.25, 0.3) is 0 Å². The van der Waals surface area contributed by atoms with Crippen LogP contribution in [0, 0.1) is 0 Å². The van der Waals surface area contributed by atoms with Crippen LogP contribution in [0.1, 0.15) is 25.0 Å². The van der Waals surface area contributed by atoms with E-state index in [1.165, 1.54) is 75.0 Å². The third kappa shape index (κ3) is 4.26. The molecule has 258 valence electrons. The molecule has 1 aliphatic rings. The third-order valence-electron chi connectivity index (χ3n) is 12.0. The lowest BCUT2D eigenvalue weighted by Crippen LogP contribution is -2.14. The summed E-state index contributed by atoms with van der Waals surface area (Å²) in [6.45, 7) is 4.66. The summed E-state index contributed by atoms with van der Waals surface area (Å²) in [4.78, 5) is 10.5. The molecular weight excluding hydrogens is 687 g/mol. The average molecular weight is 720 g/mol. The Hall–Kier alpha value is -6.62. The fraction of sp³-hybridized carbons (Fsp3) is 0.0588. The number of hydrogen-bond donors (Lipinski definition) is 0. The van der Waals surface area contributed by atoms with Crippen LogP contribution in [-0.2, 0) is 5.41 Å². The van der Waals surface area contributed by atoms with Gasteiger partial charge >= 0.3 is 0 Å². The number of aromatic nitrogens is 3. The van der Waals surface area contributed by atoms with Crippen molar-refractivity contribution in [3.8, 4) is 39.5 Å². The van der Waals surface area contributed by atoms with Crippen molar-refractivity contribution < 1.29 is 0 Å². The minimum Gasteiger partial charge on any atom is -0.309 e. The minimum atomic E-state index is -0.0938. The molecular formula is C51H33N3S. The molecule has 0 spiro atoms. The first kappa shape index (κ1) is 30.8. The van der Waals surface area contributed by atoms with Gasteiger partial charge in [0, 0.05) is 63.9 Å². The normalized spacial score (nSPS) is 13.4. The van der Waals surface area contributed by atoms with Crippen molar-refractivity contribution in [2.75, 3.05) is 0 Å². The predicted octanol–water partition coefficient (Wildman–Crippen LogP) is 13.9. The van der Waals surface area contributed by atoms with Crippen LogP contribution in [0.4, 0.5) is 0 Å². The highest BCUT2D eigenvalue weighted by Crippen LogP contribution is 2.50. The van der Waals surface area contributed by atoms with Gasteiger partial charge in [-0.25, -0.2) is 9.97 Å². The quantitative estimate of drug-likeness (QED) is 0.182. The second kappa shape index (κ2) is 11.2. The SMILES string of the molecule is CC1(C)c2ccccc2-c2ccc(-c3nc(-c4ccc(-n5c6ccccc6c6c7ccccc7c7sc8ccccc8c7c65)cc4)nc4ccccc34)cc21. The van der Waals surface area contributed by atoms with Crippen LogP contribution in [0.3, 0.4) is 0 Å². The molecule has 0 bridgehead atoms. The van der Waals surface area contributed by atoms with E-state index >= 15 is 0 Å². The molecule has 0 unspecified atom stereocenters. The molecule has 0 radical (unpaired) electrons. The van der Waals surface area contributed by atoms with Crippen LogP contribution in [0.2, 0.25) is 0 Å². The van der Waals surface area contributed by atoms with Gasteiger partial charge in [0.05, 0.1) is 22.2 Å². The molecule has 11 aromatic rings. The molecule has 3 nitrogen and oxygen atoms in total. The van der Waals surface area contributed by atoms with E-state index in [4.69, 9.17) is 9.97 Å². The first-order valence-corrected chi connectivity index (χ1v) is 19.7. The van der Waals surface area contributed by atoms with Crippen molar-refractivity contribution >= 4 is 75.0 Å². The van der Waals surface area contributed by atoms with Gasteiger partial charge in [0.1, 0.15) is 0 Å². The van der Waals surface area contributed by atoms with Crippen LogP contribution in [0.25, 0.3) is 103 Å². The van der Waals surface area contributed by atoms with Crippen LogP contribution < -0.4 is 0 Å². The Labute approximate surface area is 321 Å². The summed E-state index contributed by atoms with van der Waals surface area (Å²) in [7, 11) is 0. The highest BCUT2D eigenvalue weighted by molar-refractivity contribution is 7.27. The van der Waals surface area contributed by atoms with E-state index in [1.54, 1.807) is 0 Å². The van der Waals surface area contributed by atoms with Gasteiger partial charge in [-0.2, -0.15) is 0 Å². The van der Waals surface area contributed by atoms with E-state index in [2.05, 4.69) is 182 Å². The molecule has 0 saturated heterocycles. The Bertz CT molecular complexity index is 3400. The number of benzene rings is 8. The fourth-order valence-electron chi connectivity index (χ4n) is 9.42. The van der Waals surface area contributed by atoms with Crippen molar-refractivity contribution in [1.29, 1.82) is 0 Å². The fourth-order valence-corrected chi connectivity index (χ4v) is 10.7. The highest BCUT2D eigenvalue weighted by atomic mass is 32.1. The molecule has 0 aliphatic heterocycles. The van der Waals surface area contributed by atoms with Crippen LogP contribution in [0.5, 0.6) is 0 Å². The summed E-state index contributed by atoms with van der Waals surface area (Å²) >= 11 is 1.89. The van der Waals surface area contributed by atoms with Crippen molar-refractivity contribution in [2.24, 2.45) is 0 Å². The Balaban J connectivity index is 1.05. The van der Waals surface area contributed by atoms with E-state index < -0.39 is 0 Å². The molecule has 12 rings (SSSR count). The maximum absolute atomic E-state index is 5.34. The van der Waals surface area contributed by atoms with Crippen molar-refractivity contribution in [3.63, 3.8) is 0 Å². The third-order valence-corrected chi connectivity index (χ3v) is 13.2. The first-order chi connectivity index (χ1) is 27.0. The topological polar surface area (TPSA) is 30.7 Å². The van der Waals surface area contributed by atoms with Gasteiger partial charge in [-0.1, -0.05) is 129 Å². The predicted molar refractivity (Wildman–Crippen MR) is 233 cm³/mol. The lowest BCUT2D eigenvalue weighted by molar-refractivity contribution is 0.660. The van der Waals surface area contributed by atoms with Crippen molar-refractivity contribution in [1.82, 2.24) is 14.5 Å². The summed E-state index contributed by atoms with van der Waals surface area (Å²) in [5.41, 5.74) is 12.8. The summed E-state index contributed by atoms with van der Waals surface area (Å²) in [5.74, 6) is 0.725. The summed E-state index contributed by atoms with van der Waals surface area (Å²) in [5, 5.41) is 8.84. The summed E-state index contributed by atoms with van der Waals surface area (Å²) < 4.78 is 5.11. The monoisotopic (exact) mass is 719 g/mol. The number of para-hydroxylation sites is 2. The number of nitrogens with zero attached hydrogens (tertiary/aromatic N) is 3. The number of hydrogen-bond acceptors (Lipinski definition) is 3. The molecule has 0 N–H and O–H groups in total. The van der Waals surface area contributed by atoms with E-state index in [1.807, 2.05) is 11.3 Å². The van der Waals surface area contributed by atoms with Crippen LogP contribution in [-0.4, -0.2) is 14.5 Å². The van der Waals surface area contributed by atoms with E-state index in [-0.39, 0.29) is 5.41 Å². The van der Waals surface area contributed by atoms with E-state index in [0.717, 1.165) is 39.2 Å². The number of rotatable bonds is 3. The van der Waals surface area contributed by atoms with Gasteiger partial charge in [-0.05, 0) is 76.2 Å². The van der Waals surface area contributed by atoms with Gasteiger partial charge in [0.15, 0.2) is 5.82 Å². The number of thiophene rings is 1. The Morgan fingerprint density at radius 1 is 0.509 bits per heavy atom. The summed E-state index contributed by atoms with van der Waals surface area (Å²) in [6.07, 6.45) is 0. The molecule has 55 heavy (non-hydrogen) atoms. The van der Waals surface area contributed by atoms with Crippen LogP contribution >= 0.6 is 11.3 Å². The highest BCUT2D eigenvalue weighted by Gasteiger charge is 2.35. The largest absolute Gasteiger partial charge is 0.309 e. The summed E-state index contributed by atoms with van der Waals surface area (Å²) in [6, 6.07) is 59.5. The Morgan fingerprint density at radius 3 is 2.02 bits per heavy atom. The minimum absolute atomic E-state index is 0.0938. The van der Waals surface area contributed by atoms with Gasteiger partial charge in [-0.15, -0.1) is 11.3 Å². The second-order valence-corrected chi connectivity index (χ2v) is 16.4. The molecule has 1 aliphatic carbocycles. The Morgan fingerprint density at radius 2 is 1.16 bits per heavy atom. The van der Waals surface area contributed by atoms with Gasteiger partial charge in [0.2, 0.25) is 0 Å². The second-order valence-electron chi connectivity index (χ2n) is 15.3. The zero-order valence-electron chi connectivity index (χ0n) is 30.3. The standard InChI is InChI=1S/C51H33N3S/c1-51(2)40-19-9-5-13-33(40)34-28-25-31(29-41(34)51)47-37-16-6-10-20-42(37)52-50(53-47)30-23-26-32(27-24-30)54-43-21-11-7-17-38(43)45-35-14-3-4-15-36(35)49-46(48(45)54)39-18-8-12-22-44(39)55-49/h3-29H,1-2H3. The maximum Gasteiger partial charge on any atom is 0.160 e. The van der Waals surface area contributed by atoms with Crippen LogP contribution in [0.15, 0.2) is 164 Å². The molecule has 0 atom stereocenters. The lowest BCUT2D eigenvalue weighted by atomic mass is 9.82. The molecule has 0 amide bonds. The van der Waals surface area contributed by atoms with Crippen molar-refractivity contribution in [3.05, 3.63) is 175 Å². The molecule has 8 aromatic carbocycles. The van der Waals surface area contributed by atoms with Gasteiger partial charge in [-0.3, -0.25) is 0 Å². The molecule has 3 heterocycles. The van der Waals surface area contributed by atoms with Gasteiger partial charge < -0.3 is 4.57 Å². The Kier molecular flexibility index (Phi) is 6.27. The van der Waals surface area contributed by atoms with E-state index in [0.29, 0.717) is 0 Å². The molecule has 0 saturated carbocycles. The van der Waals surface area contributed by atoms with Crippen molar-refractivity contribution in [2.45, 2.75) is 19.3 Å². The number of fused-ring (bicyclic) bond motifs is 14. The maximum atomic E-state index is 5.34. The molecule has 3 aromatic heterocycles. The zero-order chi connectivity index (χ0) is 36.4. The molecule has 4 heteroatoms. The lowest BCUT2D eigenvalue weighted by Gasteiger charge is -2.22. The smallest absolute Gasteiger partial charge is 0.160 e. The molecule has 0 fully saturated rings. The average Bonchev–Trinajstić information content (AvgIpc) is 3.87. The first-order valence-electron chi connectivity index (χ1n) is 18.9.